The Morgan fingerprint density at radius 1 is 1.09 bits per heavy atom. The molecule has 242 valence electrons. The zero-order valence-corrected chi connectivity index (χ0v) is 26.4. The first-order chi connectivity index (χ1) is 22.2. The van der Waals surface area contributed by atoms with E-state index in [0.29, 0.717) is 54.2 Å². The van der Waals surface area contributed by atoms with Crippen LogP contribution in [0.15, 0.2) is 36.4 Å². The number of methoxy groups -OCH3 is 1. The van der Waals surface area contributed by atoms with Crippen LogP contribution in [0.4, 0.5) is 0 Å². The molecule has 0 aliphatic carbocycles. The first-order valence-corrected chi connectivity index (χ1v) is 15.7. The van der Waals surface area contributed by atoms with Gasteiger partial charge in [0.2, 0.25) is 12.7 Å². The molecular weight excluding hydrogens is 590 g/mol. The van der Waals surface area contributed by atoms with Gasteiger partial charge in [0.1, 0.15) is 12.0 Å². The normalized spacial score (nSPS) is 24.0. The number of phenolic OH excluding ortho intramolecular Hbond substituents is 1. The van der Waals surface area contributed by atoms with Crippen molar-refractivity contribution in [1.82, 2.24) is 15.5 Å². The Kier molecular flexibility index (Phi) is 7.78. The molecule has 11 nitrogen and oxygen atoms in total. The summed E-state index contributed by atoms with van der Waals surface area (Å²) < 4.78 is 23.4. The number of benzene rings is 3. The van der Waals surface area contributed by atoms with Gasteiger partial charge in [-0.2, -0.15) is 0 Å². The number of hydrogen-bond donors (Lipinski definition) is 4. The van der Waals surface area contributed by atoms with E-state index < -0.39 is 30.3 Å². The number of nitrogens with one attached hydrogen (secondary N) is 2. The summed E-state index contributed by atoms with van der Waals surface area (Å²) in [5.74, 6) is 1.30. The molecule has 46 heavy (non-hydrogen) atoms. The number of carbonyl (C=O) groups excluding carboxylic acids is 2. The van der Waals surface area contributed by atoms with Gasteiger partial charge >= 0.3 is 5.97 Å². The predicted octanol–water partition coefficient (Wildman–Crippen LogP) is 3.28. The zero-order valence-electron chi connectivity index (χ0n) is 26.4. The van der Waals surface area contributed by atoms with Crippen molar-refractivity contribution in [3.8, 4) is 28.7 Å². The maximum absolute atomic E-state index is 13.2. The lowest BCUT2D eigenvalue weighted by atomic mass is 9.74. The Labute approximate surface area is 267 Å². The smallest absolute Gasteiger partial charge is 0.308 e. The van der Waals surface area contributed by atoms with Crippen molar-refractivity contribution in [3.63, 3.8) is 0 Å². The highest BCUT2D eigenvalue weighted by Crippen LogP contribution is 2.56. The third kappa shape index (κ3) is 4.94. The molecule has 1 saturated heterocycles. The molecule has 4 N–H and O–H groups in total. The van der Waals surface area contributed by atoms with Gasteiger partial charge in [0, 0.05) is 48.2 Å². The van der Waals surface area contributed by atoms with E-state index in [4.69, 9.17) is 18.9 Å². The maximum atomic E-state index is 13.2. The van der Waals surface area contributed by atoms with Crippen LogP contribution in [-0.2, 0) is 28.9 Å². The fraction of sp³-hybridized carbons (Fsp3) is 0.429. The third-order valence-electron chi connectivity index (χ3n) is 9.81. The minimum atomic E-state index is -0.935. The van der Waals surface area contributed by atoms with Gasteiger partial charge in [0.05, 0.1) is 25.2 Å². The molecule has 0 radical (unpaired) electrons. The van der Waals surface area contributed by atoms with Crippen LogP contribution < -0.4 is 29.6 Å². The van der Waals surface area contributed by atoms with Crippen molar-refractivity contribution in [2.45, 2.75) is 76.8 Å². The van der Waals surface area contributed by atoms with Crippen molar-refractivity contribution in [1.29, 1.82) is 0 Å². The maximum Gasteiger partial charge on any atom is 0.308 e. The van der Waals surface area contributed by atoms with Crippen molar-refractivity contribution < 1.29 is 38.7 Å². The molecule has 0 spiro atoms. The number of ether oxygens (including phenoxy) is 4. The van der Waals surface area contributed by atoms with Gasteiger partial charge in [-0.15, -0.1) is 0 Å². The second-order valence-electron chi connectivity index (χ2n) is 12.5. The number of piperazine rings is 1. The first-order valence-electron chi connectivity index (χ1n) is 15.7. The average Bonchev–Trinajstić information content (AvgIpc) is 3.53. The summed E-state index contributed by atoms with van der Waals surface area (Å²) in [4.78, 5) is 27.7. The van der Waals surface area contributed by atoms with Crippen molar-refractivity contribution in [2.24, 2.45) is 0 Å². The van der Waals surface area contributed by atoms with E-state index >= 15 is 0 Å². The summed E-state index contributed by atoms with van der Waals surface area (Å²) >= 11 is 0. The molecule has 2 bridgehead atoms. The Morgan fingerprint density at radius 2 is 1.85 bits per heavy atom. The molecule has 4 aliphatic heterocycles. The summed E-state index contributed by atoms with van der Waals surface area (Å²) in [6.45, 7) is 5.25. The molecule has 4 aliphatic rings. The minimum Gasteiger partial charge on any atom is -0.504 e. The van der Waals surface area contributed by atoms with E-state index in [2.05, 4.69) is 10.6 Å². The third-order valence-corrected chi connectivity index (χ3v) is 9.81. The number of hydrogen-bond acceptors (Lipinski definition) is 10. The fourth-order valence-electron chi connectivity index (χ4n) is 7.91. The number of aromatic hydroxyl groups is 1. The molecule has 7 rings (SSSR count). The second kappa shape index (κ2) is 11.8. The fourth-order valence-corrected chi connectivity index (χ4v) is 7.91. The number of rotatable bonds is 7. The number of phenols is 1. The molecule has 11 heteroatoms. The SMILES string of the molecule is COc1c(C)cc2c(c1O)[C@@H]1N[C@H](C2)[C@H](O)N2C1Cc1c(OC(C)=O)c(C)c3c(c1[C@@H]2CNC(=O)CCc1ccccc1)OCO3. The van der Waals surface area contributed by atoms with Crippen LogP contribution in [0.1, 0.15) is 64.4 Å². The molecule has 3 aromatic carbocycles. The van der Waals surface area contributed by atoms with E-state index in [1.807, 2.05) is 55.1 Å². The highest BCUT2D eigenvalue weighted by molar-refractivity contribution is 5.77. The number of esters is 1. The van der Waals surface area contributed by atoms with Crippen molar-refractivity contribution >= 4 is 11.9 Å². The number of aliphatic hydroxyl groups is 1. The molecule has 1 fully saturated rings. The lowest BCUT2D eigenvalue weighted by Crippen LogP contribution is -2.69. The van der Waals surface area contributed by atoms with Crippen molar-refractivity contribution in [2.75, 3.05) is 20.4 Å². The van der Waals surface area contributed by atoms with Crippen LogP contribution in [0, 0.1) is 13.8 Å². The van der Waals surface area contributed by atoms with Gasteiger partial charge in [0.15, 0.2) is 23.0 Å². The van der Waals surface area contributed by atoms with Crippen LogP contribution in [-0.4, -0.2) is 65.7 Å². The van der Waals surface area contributed by atoms with E-state index in [1.165, 1.54) is 14.0 Å². The Balaban J connectivity index is 1.33. The molecule has 0 saturated carbocycles. The summed E-state index contributed by atoms with van der Waals surface area (Å²) in [6.07, 6.45) is 0.810. The Morgan fingerprint density at radius 3 is 2.59 bits per heavy atom. The van der Waals surface area contributed by atoms with Gasteiger partial charge < -0.3 is 39.8 Å². The van der Waals surface area contributed by atoms with Gasteiger partial charge in [-0.1, -0.05) is 36.4 Å². The Hall–Kier alpha value is -4.32. The highest BCUT2D eigenvalue weighted by Gasteiger charge is 2.54. The topological polar surface area (TPSA) is 139 Å². The second-order valence-corrected chi connectivity index (χ2v) is 12.5. The monoisotopic (exact) mass is 629 g/mol. The molecule has 0 aromatic heterocycles. The van der Waals surface area contributed by atoms with Crippen LogP contribution in [0.3, 0.4) is 0 Å². The van der Waals surface area contributed by atoms with Crippen LogP contribution in [0.2, 0.25) is 0 Å². The predicted molar refractivity (Wildman–Crippen MR) is 167 cm³/mol. The van der Waals surface area contributed by atoms with E-state index in [9.17, 15) is 19.8 Å². The summed E-state index contributed by atoms with van der Waals surface area (Å²) in [5.41, 5.74) is 5.67. The molecule has 1 amide bonds. The lowest BCUT2D eigenvalue weighted by Gasteiger charge is -2.56. The average molecular weight is 630 g/mol. The molecule has 1 unspecified atom stereocenters. The van der Waals surface area contributed by atoms with Crippen LogP contribution in [0.25, 0.3) is 0 Å². The standard InChI is InChI=1S/C35H39N3O8/c1-17-12-21-13-23-35(42)38-24(29(37-23)27(21)30(41)31(17)43-4)14-22-28(34-33(44-16-45-34)18(2)32(22)46-19(3)39)25(38)15-36-26(40)11-10-20-8-6-5-7-9-20/h5-9,12,23-25,29,35,37,41-42H,10-11,13-16H2,1-4H3,(H,36,40)/t23-,24?,25+,29-,35+/m1/s1. The van der Waals surface area contributed by atoms with E-state index in [1.54, 1.807) is 0 Å². The lowest BCUT2D eigenvalue weighted by molar-refractivity contribution is -0.133. The molecular formula is C35H39N3O8. The number of aryl methyl sites for hydroxylation is 2. The number of amides is 1. The largest absolute Gasteiger partial charge is 0.504 e. The number of carbonyl (C=O) groups is 2. The summed E-state index contributed by atoms with van der Waals surface area (Å²) in [6, 6.07) is 10.2. The van der Waals surface area contributed by atoms with Crippen LogP contribution >= 0.6 is 0 Å². The summed E-state index contributed by atoms with van der Waals surface area (Å²) in [5, 5.41) is 30.2. The molecule has 4 heterocycles. The number of fused-ring (bicyclic) bond motifs is 9. The quantitative estimate of drug-likeness (QED) is 0.228. The van der Waals surface area contributed by atoms with Gasteiger partial charge in [0.25, 0.3) is 0 Å². The van der Waals surface area contributed by atoms with Crippen molar-refractivity contribution in [3.05, 3.63) is 75.3 Å². The van der Waals surface area contributed by atoms with Gasteiger partial charge in [-0.25, -0.2) is 0 Å². The Bertz CT molecular complexity index is 1710. The zero-order chi connectivity index (χ0) is 32.3. The summed E-state index contributed by atoms with van der Waals surface area (Å²) in [7, 11) is 1.54. The van der Waals surface area contributed by atoms with Gasteiger partial charge in [-0.05, 0) is 49.8 Å². The molecule has 3 aromatic rings. The first kappa shape index (κ1) is 30.3. The van der Waals surface area contributed by atoms with Crippen LogP contribution in [0.5, 0.6) is 28.7 Å². The number of nitrogens with zero attached hydrogens (tertiary/aromatic N) is 1. The molecule has 5 atom stereocenters. The highest BCUT2D eigenvalue weighted by atomic mass is 16.7. The number of aliphatic hydroxyl groups excluding tert-OH is 1. The van der Waals surface area contributed by atoms with Gasteiger partial charge in [-0.3, -0.25) is 14.5 Å². The van der Waals surface area contributed by atoms with E-state index in [0.717, 1.165) is 33.4 Å². The minimum absolute atomic E-state index is 0.00146. The van der Waals surface area contributed by atoms with E-state index in [-0.39, 0.29) is 31.0 Å².